The molecule has 2 aromatic rings. The van der Waals surface area contributed by atoms with Crippen LogP contribution >= 0.6 is 0 Å². The third-order valence-electron chi connectivity index (χ3n) is 2.57. The van der Waals surface area contributed by atoms with E-state index in [1.165, 1.54) is 0 Å². The Morgan fingerprint density at radius 1 is 0.889 bits per heavy atom. The Kier molecular flexibility index (Phi) is 4.39. The lowest BCUT2D eigenvalue weighted by Crippen LogP contribution is -2.11. The molecule has 0 unspecified atom stereocenters. The second kappa shape index (κ2) is 6.23. The summed E-state index contributed by atoms with van der Waals surface area (Å²) in [5.41, 5.74) is 10.9. The highest BCUT2D eigenvalue weighted by atomic mass is 16.5. The first-order chi connectivity index (χ1) is 8.85. The van der Waals surface area contributed by atoms with Gasteiger partial charge in [0.05, 0.1) is 0 Å². The molecule has 0 heterocycles. The van der Waals surface area contributed by atoms with E-state index in [9.17, 15) is 0 Å². The van der Waals surface area contributed by atoms with Gasteiger partial charge in [0, 0.05) is 18.5 Å². The fourth-order valence-corrected chi connectivity index (χ4v) is 1.79. The van der Waals surface area contributed by atoms with E-state index in [1.807, 2.05) is 36.4 Å². The van der Waals surface area contributed by atoms with Gasteiger partial charge in [0.15, 0.2) is 0 Å². The van der Waals surface area contributed by atoms with Crippen molar-refractivity contribution in [1.29, 1.82) is 0 Å². The van der Waals surface area contributed by atoms with Crippen molar-refractivity contribution in [2.45, 2.75) is 0 Å². The highest BCUT2D eigenvalue weighted by molar-refractivity contribution is 5.89. The number of fused-ring (bicyclic) bond motifs is 1. The van der Waals surface area contributed by atoms with E-state index in [1.54, 1.807) is 0 Å². The second-order valence-electron chi connectivity index (χ2n) is 3.91. The Balaban J connectivity index is 2.28. The maximum Gasteiger partial charge on any atom is 0.127 e. The van der Waals surface area contributed by atoms with Gasteiger partial charge in [0.1, 0.15) is 24.7 Å². The molecule has 2 rings (SSSR count). The van der Waals surface area contributed by atoms with Crippen LogP contribution in [-0.2, 0) is 0 Å². The number of hydrogen-bond donors (Lipinski definition) is 2. The zero-order valence-electron chi connectivity index (χ0n) is 10.3. The van der Waals surface area contributed by atoms with Crippen LogP contribution in [0.15, 0.2) is 36.4 Å². The predicted molar refractivity (Wildman–Crippen MR) is 73.0 cm³/mol. The molecule has 0 amide bonds. The average Bonchev–Trinajstić information content (AvgIpc) is 2.42. The third-order valence-corrected chi connectivity index (χ3v) is 2.57. The lowest BCUT2D eigenvalue weighted by atomic mass is 10.1. The van der Waals surface area contributed by atoms with E-state index in [0.29, 0.717) is 26.3 Å². The average molecular weight is 246 g/mol. The van der Waals surface area contributed by atoms with Crippen LogP contribution in [0.5, 0.6) is 11.5 Å². The summed E-state index contributed by atoms with van der Waals surface area (Å²) in [5, 5.41) is 2.14. The van der Waals surface area contributed by atoms with Gasteiger partial charge in [-0.15, -0.1) is 0 Å². The van der Waals surface area contributed by atoms with E-state index in [4.69, 9.17) is 20.9 Å². The summed E-state index contributed by atoms with van der Waals surface area (Å²) >= 11 is 0. The normalized spacial score (nSPS) is 10.6. The molecule has 4 nitrogen and oxygen atoms in total. The molecule has 0 aromatic heterocycles. The summed E-state index contributed by atoms with van der Waals surface area (Å²) < 4.78 is 11.1. The van der Waals surface area contributed by atoms with Crippen molar-refractivity contribution < 1.29 is 9.47 Å². The van der Waals surface area contributed by atoms with E-state index in [0.717, 1.165) is 22.3 Å². The fourth-order valence-electron chi connectivity index (χ4n) is 1.79. The Morgan fingerprint density at radius 2 is 1.67 bits per heavy atom. The van der Waals surface area contributed by atoms with Crippen molar-refractivity contribution >= 4 is 10.8 Å². The second-order valence-corrected chi connectivity index (χ2v) is 3.91. The van der Waals surface area contributed by atoms with E-state index >= 15 is 0 Å². The molecular weight excluding hydrogens is 228 g/mol. The topological polar surface area (TPSA) is 70.5 Å². The zero-order chi connectivity index (χ0) is 12.8. The first kappa shape index (κ1) is 12.7. The first-order valence-electron chi connectivity index (χ1n) is 6.03. The van der Waals surface area contributed by atoms with Gasteiger partial charge in [0.2, 0.25) is 0 Å². The number of hydrogen-bond acceptors (Lipinski definition) is 4. The van der Waals surface area contributed by atoms with Crippen molar-refractivity contribution in [3.8, 4) is 11.5 Å². The molecule has 2 aromatic carbocycles. The van der Waals surface area contributed by atoms with Crippen molar-refractivity contribution in [2.24, 2.45) is 11.5 Å². The van der Waals surface area contributed by atoms with Crippen LogP contribution in [0, 0.1) is 0 Å². The summed E-state index contributed by atoms with van der Waals surface area (Å²) in [5.74, 6) is 1.67. The molecule has 4 heteroatoms. The van der Waals surface area contributed by atoms with E-state index < -0.39 is 0 Å². The van der Waals surface area contributed by atoms with Gasteiger partial charge in [0.25, 0.3) is 0 Å². The molecule has 0 fully saturated rings. The smallest absolute Gasteiger partial charge is 0.127 e. The quantitative estimate of drug-likeness (QED) is 0.810. The van der Waals surface area contributed by atoms with Crippen molar-refractivity contribution in [3.63, 3.8) is 0 Å². The van der Waals surface area contributed by atoms with Crippen molar-refractivity contribution in [3.05, 3.63) is 36.4 Å². The van der Waals surface area contributed by atoms with Crippen LogP contribution in [0.4, 0.5) is 0 Å². The fraction of sp³-hybridized carbons (Fsp3) is 0.286. The number of nitrogens with two attached hydrogens (primary N) is 2. The van der Waals surface area contributed by atoms with Crippen molar-refractivity contribution in [2.75, 3.05) is 26.3 Å². The lowest BCUT2D eigenvalue weighted by molar-refractivity contribution is 0.328. The molecular formula is C14H18N2O2. The number of benzene rings is 2. The Morgan fingerprint density at radius 3 is 2.44 bits per heavy atom. The molecule has 0 aliphatic carbocycles. The van der Waals surface area contributed by atoms with Crippen LogP contribution in [0.25, 0.3) is 10.8 Å². The van der Waals surface area contributed by atoms with Gasteiger partial charge in [-0.1, -0.05) is 12.1 Å². The van der Waals surface area contributed by atoms with Crippen LogP contribution < -0.4 is 20.9 Å². The highest BCUT2D eigenvalue weighted by Gasteiger charge is 2.03. The Bertz CT molecular complexity index is 514. The maximum absolute atomic E-state index is 5.60. The molecule has 18 heavy (non-hydrogen) atoms. The molecule has 0 bridgehead atoms. The van der Waals surface area contributed by atoms with Gasteiger partial charge in [-0.2, -0.15) is 0 Å². The minimum absolute atomic E-state index is 0.508. The van der Waals surface area contributed by atoms with E-state index in [2.05, 4.69) is 0 Å². The predicted octanol–water partition coefficient (Wildman–Crippen LogP) is 1.51. The van der Waals surface area contributed by atoms with Gasteiger partial charge < -0.3 is 20.9 Å². The van der Waals surface area contributed by atoms with Crippen molar-refractivity contribution in [1.82, 2.24) is 0 Å². The van der Waals surface area contributed by atoms with Crippen LogP contribution in [0.2, 0.25) is 0 Å². The van der Waals surface area contributed by atoms with Crippen LogP contribution in [-0.4, -0.2) is 26.3 Å². The molecule has 4 N–H and O–H groups in total. The van der Waals surface area contributed by atoms with Crippen LogP contribution in [0.3, 0.4) is 0 Å². The minimum atomic E-state index is 0.508. The molecule has 0 aliphatic rings. The summed E-state index contributed by atoms with van der Waals surface area (Å²) in [4.78, 5) is 0. The SMILES string of the molecule is NCCOc1ccc2c(OCCN)cccc2c1. The Hall–Kier alpha value is -1.78. The first-order valence-corrected chi connectivity index (χ1v) is 6.03. The molecule has 0 saturated heterocycles. The highest BCUT2D eigenvalue weighted by Crippen LogP contribution is 2.28. The molecule has 0 aliphatic heterocycles. The summed E-state index contributed by atoms with van der Waals surface area (Å²) in [6.07, 6.45) is 0. The number of ether oxygens (including phenoxy) is 2. The van der Waals surface area contributed by atoms with Gasteiger partial charge in [-0.3, -0.25) is 0 Å². The summed E-state index contributed by atoms with van der Waals surface area (Å²) in [6.45, 7) is 2.06. The largest absolute Gasteiger partial charge is 0.492 e. The molecule has 0 spiro atoms. The summed E-state index contributed by atoms with van der Waals surface area (Å²) in [6, 6.07) is 11.8. The molecule has 0 atom stereocenters. The zero-order valence-corrected chi connectivity index (χ0v) is 10.3. The summed E-state index contributed by atoms with van der Waals surface area (Å²) in [7, 11) is 0. The van der Waals surface area contributed by atoms with Crippen LogP contribution in [0.1, 0.15) is 0 Å². The van der Waals surface area contributed by atoms with Gasteiger partial charge in [-0.25, -0.2) is 0 Å². The third kappa shape index (κ3) is 2.91. The minimum Gasteiger partial charge on any atom is -0.492 e. The molecule has 96 valence electrons. The monoisotopic (exact) mass is 246 g/mol. The van der Waals surface area contributed by atoms with Gasteiger partial charge in [-0.05, 0) is 29.7 Å². The molecule has 0 radical (unpaired) electrons. The maximum atomic E-state index is 5.60. The van der Waals surface area contributed by atoms with Gasteiger partial charge >= 0.3 is 0 Å². The lowest BCUT2D eigenvalue weighted by Gasteiger charge is -2.10. The molecule has 0 saturated carbocycles. The van der Waals surface area contributed by atoms with E-state index in [-0.39, 0.29) is 0 Å². The number of rotatable bonds is 6. The standard InChI is InChI=1S/C14H18N2O2/c15-6-8-17-12-4-5-13-11(10-12)2-1-3-14(13)18-9-7-16/h1-5,10H,6-9,15-16H2. The Labute approximate surface area is 106 Å².